The van der Waals surface area contributed by atoms with Gasteiger partial charge in [-0.1, -0.05) is 35.9 Å². The van der Waals surface area contributed by atoms with Crippen LogP contribution in [0.1, 0.15) is 34.5 Å². The van der Waals surface area contributed by atoms with Gasteiger partial charge < -0.3 is 19.5 Å². The van der Waals surface area contributed by atoms with Crippen LogP contribution in [0.15, 0.2) is 71.6 Å². The quantitative estimate of drug-likeness (QED) is 0.487. The van der Waals surface area contributed by atoms with Crippen molar-refractivity contribution in [3.05, 3.63) is 83.4 Å². The average Bonchev–Trinajstić information content (AvgIpc) is 2.86. The minimum Gasteiger partial charge on any atom is -0.496 e. The first-order chi connectivity index (χ1) is 16.2. The standard InChI is InChI=1S/C26H29NO6S/c1-17-11-13-21(14-12-17)34(29,30)18(2)25(27-26(28)19-9-7-6-8-10-19)24-22(32-4)15-20(31-3)16-23(24)33-5/h6-16,18,25H,1-5H3,(H,27,28)/t18-,25+/m0/s1. The van der Waals surface area contributed by atoms with Crippen LogP contribution >= 0.6 is 0 Å². The highest BCUT2D eigenvalue weighted by Crippen LogP contribution is 2.41. The summed E-state index contributed by atoms with van der Waals surface area (Å²) in [5.41, 5.74) is 1.75. The molecule has 1 N–H and O–H groups in total. The number of amides is 1. The molecule has 7 nitrogen and oxygen atoms in total. The van der Waals surface area contributed by atoms with E-state index in [4.69, 9.17) is 14.2 Å². The van der Waals surface area contributed by atoms with Crippen LogP contribution in [0, 0.1) is 6.92 Å². The molecule has 0 aliphatic rings. The number of aryl methyl sites for hydroxylation is 1. The van der Waals surface area contributed by atoms with Gasteiger partial charge in [0.05, 0.1) is 43.1 Å². The highest BCUT2D eigenvalue weighted by molar-refractivity contribution is 7.92. The molecule has 8 heteroatoms. The molecule has 0 fully saturated rings. The predicted octanol–water partition coefficient (Wildman–Crippen LogP) is 4.35. The van der Waals surface area contributed by atoms with Gasteiger partial charge in [-0.25, -0.2) is 8.42 Å². The number of rotatable bonds is 9. The van der Waals surface area contributed by atoms with Gasteiger partial charge in [-0.3, -0.25) is 4.79 Å². The lowest BCUT2D eigenvalue weighted by Crippen LogP contribution is -2.39. The molecule has 0 unspecified atom stereocenters. The molecule has 0 aromatic heterocycles. The number of benzene rings is 3. The molecule has 0 heterocycles. The third kappa shape index (κ3) is 5.17. The summed E-state index contributed by atoms with van der Waals surface area (Å²) in [5.74, 6) is 0.720. The van der Waals surface area contributed by atoms with Crippen molar-refractivity contribution in [3.63, 3.8) is 0 Å². The fraction of sp³-hybridized carbons (Fsp3) is 0.269. The second-order valence-corrected chi connectivity index (χ2v) is 10.1. The number of ether oxygens (including phenoxy) is 3. The van der Waals surface area contributed by atoms with Crippen LogP contribution in [0.2, 0.25) is 0 Å². The van der Waals surface area contributed by atoms with Crippen LogP contribution in [-0.2, 0) is 9.84 Å². The summed E-state index contributed by atoms with van der Waals surface area (Å²) in [5, 5.41) is 1.85. The molecular formula is C26H29NO6S. The third-order valence-corrected chi connectivity index (χ3v) is 7.88. The maximum Gasteiger partial charge on any atom is 0.251 e. The summed E-state index contributed by atoms with van der Waals surface area (Å²) < 4.78 is 43.8. The van der Waals surface area contributed by atoms with Gasteiger partial charge >= 0.3 is 0 Å². The van der Waals surface area contributed by atoms with E-state index in [1.54, 1.807) is 73.7 Å². The van der Waals surface area contributed by atoms with Crippen molar-refractivity contribution in [2.24, 2.45) is 0 Å². The molecular weight excluding hydrogens is 454 g/mol. The van der Waals surface area contributed by atoms with Crippen molar-refractivity contribution in [2.45, 2.75) is 30.0 Å². The SMILES string of the molecule is COc1cc(OC)c([C@H](NC(=O)c2ccccc2)[C@H](C)S(=O)(=O)c2ccc(C)cc2)c(OC)c1. The Bertz CT molecular complexity index is 1220. The topological polar surface area (TPSA) is 90.9 Å². The summed E-state index contributed by atoms with van der Waals surface area (Å²) in [4.78, 5) is 13.3. The molecule has 1 amide bonds. The second kappa shape index (κ2) is 10.6. The Morgan fingerprint density at radius 2 is 1.41 bits per heavy atom. The Morgan fingerprint density at radius 3 is 1.91 bits per heavy atom. The molecule has 3 aromatic carbocycles. The van der Waals surface area contributed by atoms with Crippen molar-refractivity contribution >= 4 is 15.7 Å². The molecule has 0 aliphatic heterocycles. The van der Waals surface area contributed by atoms with Gasteiger partial charge in [-0.2, -0.15) is 0 Å². The van der Waals surface area contributed by atoms with Crippen LogP contribution < -0.4 is 19.5 Å². The minimum atomic E-state index is -3.85. The second-order valence-electron chi connectivity index (χ2n) is 7.83. The number of hydrogen-bond acceptors (Lipinski definition) is 6. The molecule has 0 saturated heterocycles. The van der Waals surface area contributed by atoms with Gasteiger partial charge in [0.25, 0.3) is 5.91 Å². The van der Waals surface area contributed by atoms with E-state index in [0.29, 0.717) is 28.4 Å². The Kier molecular flexibility index (Phi) is 7.83. The van der Waals surface area contributed by atoms with Crippen molar-refractivity contribution in [1.29, 1.82) is 0 Å². The first-order valence-electron chi connectivity index (χ1n) is 10.7. The largest absolute Gasteiger partial charge is 0.496 e. The first kappa shape index (κ1) is 25.1. The third-order valence-electron chi connectivity index (χ3n) is 5.70. The lowest BCUT2D eigenvalue weighted by molar-refractivity contribution is 0.0935. The zero-order valence-corrected chi connectivity index (χ0v) is 20.7. The van der Waals surface area contributed by atoms with Gasteiger partial charge in [-0.15, -0.1) is 0 Å². The highest BCUT2D eigenvalue weighted by atomic mass is 32.2. The van der Waals surface area contributed by atoms with Gasteiger partial charge in [0.1, 0.15) is 17.2 Å². The molecule has 0 bridgehead atoms. The number of methoxy groups -OCH3 is 3. The van der Waals surface area contributed by atoms with Crippen LogP contribution in [0.5, 0.6) is 17.2 Å². The number of hydrogen-bond donors (Lipinski definition) is 1. The summed E-state index contributed by atoms with van der Waals surface area (Å²) in [6, 6.07) is 17.5. The van der Waals surface area contributed by atoms with Crippen molar-refractivity contribution in [2.75, 3.05) is 21.3 Å². The Morgan fingerprint density at radius 1 is 0.853 bits per heavy atom. The highest BCUT2D eigenvalue weighted by Gasteiger charge is 2.37. The Hall–Kier alpha value is -3.52. The molecule has 3 aromatic rings. The zero-order valence-electron chi connectivity index (χ0n) is 19.9. The van der Waals surface area contributed by atoms with E-state index in [9.17, 15) is 13.2 Å². The Labute approximate surface area is 200 Å². The summed E-state index contributed by atoms with van der Waals surface area (Å²) in [6.45, 7) is 3.45. The lowest BCUT2D eigenvalue weighted by Gasteiger charge is -2.29. The molecule has 0 saturated carbocycles. The number of nitrogens with one attached hydrogen (secondary N) is 1. The minimum absolute atomic E-state index is 0.163. The summed E-state index contributed by atoms with van der Waals surface area (Å²) in [6.07, 6.45) is 0. The number of carbonyl (C=O) groups is 1. The molecule has 3 rings (SSSR count). The summed E-state index contributed by atoms with van der Waals surface area (Å²) in [7, 11) is 0.584. The van der Waals surface area contributed by atoms with Gasteiger partial charge in [0.15, 0.2) is 9.84 Å². The van der Waals surface area contributed by atoms with E-state index in [1.807, 2.05) is 6.92 Å². The first-order valence-corrected chi connectivity index (χ1v) is 12.2. The molecule has 0 radical (unpaired) electrons. The van der Waals surface area contributed by atoms with Crippen molar-refractivity contribution in [3.8, 4) is 17.2 Å². The molecule has 34 heavy (non-hydrogen) atoms. The monoisotopic (exact) mass is 483 g/mol. The fourth-order valence-electron chi connectivity index (χ4n) is 3.70. The maximum atomic E-state index is 13.6. The molecule has 2 atom stereocenters. The van der Waals surface area contributed by atoms with E-state index in [0.717, 1.165) is 5.56 Å². The normalized spacial score (nSPS) is 13.0. The van der Waals surface area contributed by atoms with Gasteiger partial charge in [0, 0.05) is 17.7 Å². The van der Waals surface area contributed by atoms with E-state index in [1.165, 1.54) is 21.3 Å². The van der Waals surface area contributed by atoms with Crippen LogP contribution in [0.3, 0.4) is 0 Å². The number of sulfone groups is 1. The lowest BCUT2D eigenvalue weighted by atomic mass is 10.00. The molecule has 0 spiro atoms. The van der Waals surface area contributed by atoms with Crippen LogP contribution in [0.25, 0.3) is 0 Å². The van der Waals surface area contributed by atoms with E-state index < -0.39 is 27.0 Å². The zero-order chi connectivity index (χ0) is 24.9. The fourth-order valence-corrected chi connectivity index (χ4v) is 5.21. The van der Waals surface area contributed by atoms with E-state index in [2.05, 4.69) is 5.32 Å². The number of carbonyl (C=O) groups excluding carboxylic acids is 1. The summed E-state index contributed by atoms with van der Waals surface area (Å²) >= 11 is 0. The predicted molar refractivity (Wildman–Crippen MR) is 131 cm³/mol. The maximum absolute atomic E-state index is 13.6. The van der Waals surface area contributed by atoms with E-state index in [-0.39, 0.29) is 4.90 Å². The van der Waals surface area contributed by atoms with E-state index >= 15 is 0 Å². The smallest absolute Gasteiger partial charge is 0.251 e. The van der Waals surface area contributed by atoms with Crippen LogP contribution in [0.4, 0.5) is 0 Å². The Balaban J connectivity index is 2.17. The van der Waals surface area contributed by atoms with Gasteiger partial charge in [-0.05, 0) is 38.1 Å². The van der Waals surface area contributed by atoms with Crippen molar-refractivity contribution in [1.82, 2.24) is 5.32 Å². The molecule has 180 valence electrons. The average molecular weight is 484 g/mol. The van der Waals surface area contributed by atoms with Crippen LogP contribution in [-0.4, -0.2) is 40.9 Å². The van der Waals surface area contributed by atoms with Crippen molar-refractivity contribution < 1.29 is 27.4 Å². The molecule has 0 aliphatic carbocycles. The van der Waals surface area contributed by atoms with Gasteiger partial charge in [0.2, 0.25) is 0 Å².